The zero-order chi connectivity index (χ0) is 26.8. The molecule has 0 spiro atoms. The van der Waals surface area contributed by atoms with Crippen LogP contribution in [-0.4, -0.2) is 43.2 Å². The minimum Gasteiger partial charge on any atom is -0.459 e. The highest BCUT2D eigenvalue weighted by Gasteiger charge is 2.36. The van der Waals surface area contributed by atoms with Crippen LogP contribution in [0.5, 0.6) is 0 Å². The molecule has 0 saturated heterocycles. The van der Waals surface area contributed by atoms with Gasteiger partial charge in [0.1, 0.15) is 18.7 Å². The van der Waals surface area contributed by atoms with Crippen molar-refractivity contribution < 1.29 is 22.7 Å². The number of esters is 1. The molecule has 0 aliphatic rings. The van der Waals surface area contributed by atoms with Crippen LogP contribution >= 0.6 is 0 Å². The molecule has 1 N–H and O–H groups in total. The van der Waals surface area contributed by atoms with Gasteiger partial charge in [0.15, 0.2) is 0 Å². The summed E-state index contributed by atoms with van der Waals surface area (Å²) in [4.78, 5) is 26.2. The first-order chi connectivity index (χ1) is 17.7. The van der Waals surface area contributed by atoms with Gasteiger partial charge in [-0.3, -0.25) is 4.79 Å². The minimum absolute atomic E-state index is 0.0672. The molecule has 37 heavy (non-hydrogen) atoms. The number of carbonyl (C=O) groups is 2. The first kappa shape index (κ1) is 27.8. The summed E-state index contributed by atoms with van der Waals surface area (Å²) >= 11 is 0. The Kier molecular flexibility index (Phi) is 9.77. The summed E-state index contributed by atoms with van der Waals surface area (Å²) in [6.45, 7) is 7.05. The zero-order valence-electron chi connectivity index (χ0n) is 21.0. The van der Waals surface area contributed by atoms with Gasteiger partial charge in [0, 0.05) is 6.54 Å². The number of benzene rings is 3. The quantitative estimate of drug-likeness (QED) is 0.288. The van der Waals surface area contributed by atoms with Crippen LogP contribution in [0.2, 0.25) is 0 Å². The maximum absolute atomic E-state index is 13.7. The largest absolute Gasteiger partial charge is 0.459 e. The molecule has 0 aliphatic heterocycles. The maximum atomic E-state index is 13.7. The van der Waals surface area contributed by atoms with Crippen molar-refractivity contribution in [2.45, 2.75) is 43.9 Å². The summed E-state index contributed by atoms with van der Waals surface area (Å²) in [5, 5.41) is 2.65. The van der Waals surface area contributed by atoms with Crippen LogP contribution in [0.3, 0.4) is 0 Å². The summed E-state index contributed by atoms with van der Waals surface area (Å²) in [5.41, 5.74) is 2.50. The monoisotopic (exact) mass is 520 g/mol. The van der Waals surface area contributed by atoms with E-state index in [9.17, 15) is 18.0 Å². The molecule has 0 bridgehead atoms. The molecule has 2 unspecified atom stereocenters. The van der Waals surface area contributed by atoms with E-state index in [1.54, 1.807) is 12.1 Å². The Morgan fingerprint density at radius 3 is 2.08 bits per heavy atom. The van der Waals surface area contributed by atoms with Crippen molar-refractivity contribution in [3.05, 3.63) is 114 Å². The number of nitrogens with zero attached hydrogens (tertiary/aromatic N) is 1. The van der Waals surface area contributed by atoms with Crippen LogP contribution in [0, 0.1) is 6.92 Å². The van der Waals surface area contributed by atoms with Crippen molar-refractivity contribution in [2.24, 2.45) is 0 Å². The lowest BCUT2D eigenvalue weighted by molar-refractivity contribution is -0.149. The Morgan fingerprint density at radius 2 is 1.51 bits per heavy atom. The van der Waals surface area contributed by atoms with Crippen molar-refractivity contribution >= 4 is 21.9 Å². The van der Waals surface area contributed by atoms with Gasteiger partial charge in [-0.2, -0.15) is 4.31 Å². The van der Waals surface area contributed by atoms with E-state index in [2.05, 4.69) is 11.9 Å². The van der Waals surface area contributed by atoms with Gasteiger partial charge in [-0.25, -0.2) is 13.2 Å². The van der Waals surface area contributed by atoms with E-state index in [1.165, 1.54) is 25.1 Å². The molecule has 8 heteroatoms. The summed E-state index contributed by atoms with van der Waals surface area (Å²) in [6.07, 6.45) is 1.55. The van der Waals surface area contributed by atoms with E-state index in [0.29, 0.717) is 0 Å². The van der Waals surface area contributed by atoms with Crippen LogP contribution in [-0.2, 0) is 37.4 Å². The highest BCUT2D eigenvalue weighted by Crippen LogP contribution is 2.22. The zero-order valence-corrected chi connectivity index (χ0v) is 21.9. The second-order valence-corrected chi connectivity index (χ2v) is 10.6. The number of sulfonamides is 1. The van der Waals surface area contributed by atoms with E-state index in [0.717, 1.165) is 21.0 Å². The van der Waals surface area contributed by atoms with Gasteiger partial charge in [-0.15, -0.1) is 6.58 Å². The topological polar surface area (TPSA) is 92.8 Å². The SMILES string of the molecule is C=CCN(C(Cc1ccccc1)C(=O)NC(C)C(=O)OCc1ccccc1)S(=O)(=O)c1ccc(C)cc1. The molecule has 0 radical (unpaired) electrons. The van der Waals surface area contributed by atoms with Gasteiger partial charge in [0.05, 0.1) is 4.90 Å². The third-order valence-electron chi connectivity index (χ3n) is 5.80. The smallest absolute Gasteiger partial charge is 0.328 e. The van der Waals surface area contributed by atoms with Crippen LogP contribution in [0.15, 0.2) is 102 Å². The van der Waals surface area contributed by atoms with E-state index < -0.39 is 34.0 Å². The molecule has 0 aromatic heterocycles. The fourth-order valence-corrected chi connectivity index (χ4v) is 5.31. The number of amides is 1. The van der Waals surface area contributed by atoms with Crippen LogP contribution in [0.4, 0.5) is 0 Å². The molecule has 7 nitrogen and oxygen atoms in total. The lowest BCUT2D eigenvalue weighted by Gasteiger charge is -2.30. The molecule has 194 valence electrons. The standard InChI is InChI=1S/C29H32N2O5S/c1-4-19-31(37(34,35)26-17-15-22(2)16-18-26)27(20-24-11-7-5-8-12-24)28(32)30-23(3)29(33)36-21-25-13-9-6-10-14-25/h4-18,23,27H,1,19-21H2,2-3H3,(H,30,32). The average molecular weight is 521 g/mol. The van der Waals surface area contributed by atoms with Crippen LogP contribution in [0.1, 0.15) is 23.6 Å². The van der Waals surface area contributed by atoms with Gasteiger partial charge in [-0.05, 0) is 43.5 Å². The van der Waals surface area contributed by atoms with E-state index >= 15 is 0 Å². The molecular formula is C29H32N2O5S. The number of hydrogen-bond acceptors (Lipinski definition) is 5. The third kappa shape index (κ3) is 7.62. The molecule has 0 saturated carbocycles. The van der Waals surface area contributed by atoms with Gasteiger partial charge in [-0.1, -0.05) is 84.4 Å². The van der Waals surface area contributed by atoms with E-state index in [1.807, 2.05) is 67.6 Å². The summed E-state index contributed by atoms with van der Waals surface area (Å²) < 4.78 is 33.8. The third-order valence-corrected chi connectivity index (χ3v) is 7.68. The number of hydrogen-bond donors (Lipinski definition) is 1. The highest BCUT2D eigenvalue weighted by atomic mass is 32.2. The molecule has 2 atom stereocenters. The van der Waals surface area contributed by atoms with Crippen molar-refractivity contribution in [3.8, 4) is 0 Å². The average Bonchev–Trinajstić information content (AvgIpc) is 2.90. The van der Waals surface area contributed by atoms with Crippen molar-refractivity contribution in [1.82, 2.24) is 9.62 Å². The number of aryl methyl sites for hydroxylation is 1. The lowest BCUT2D eigenvalue weighted by Crippen LogP contribution is -2.53. The highest BCUT2D eigenvalue weighted by molar-refractivity contribution is 7.89. The van der Waals surface area contributed by atoms with Gasteiger partial charge in [0.2, 0.25) is 15.9 Å². The minimum atomic E-state index is -4.06. The normalized spacial score (nSPS) is 12.9. The molecule has 3 aromatic rings. The molecular weight excluding hydrogens is 488 g/mol. The van der Waals surface area contributed by atoms with Crippen LogP contribution < -0.4 is 5.32 Å². The van der Waals surface area contributed by atoms with E-state index in [4.69, 9.17) is 4.74 Å². The second kappa shape index (κ2) is 13.0. The molecule has 3 aromatic carbocycles. The lowest BCUT2D eigenvalue weighted by atomic mass is 10.0. The Morgan fingerprint density at radius 1 is 0.946 bits per heavy atom. The Labute approximate surface area is 218 Å². The first-order valence-corrected chi connectivity index (χ1v) is 13.4. The molecule has 0 fully saturated rings. The number of carbonyl (C=O) groups excluding carboxylic acids is 2. The fourth-order valence-electron chi connectivity index (χ4n) is 3.75. The van der Waals surface area contributed by atoms with Crippen molar-refractivity contribution in [2.75, 3.05) is 6.54 Å². The van der Waals surface area contributed by atoms with Gasteiger partial charge >= 0.3 is 5.97 Å². The second-order valence-electron chi connectivity index (χ2n) is 8.71. The maximum Gasteiger partial charge on any atom is 0.328 e. The van der Waals surface area contributed by atoms with Gasteiger partial charge < -0.3 is 10.1 Å². The summed E-state index contributed by atoms with van der Waals surface area (Å²) in [7, 11) is -4.06. The first-order valence-electron chi connectivity index (χ1n) is 12.0. The molecule has 0 aliphatic carbocycles. The summed E-state index contributed by atoms with van der Waals surface area (Å²) in [5.74, 6) is -1.22. The molecule has 3 rings (SSSR count). The number of rotatable bonds is 12. The molecule has 1 amide bonds. The predicted molar refractivity (Wildman–Crippen MR) is 143 cm³/mol. The Hall–Kier alpha value is -3.75. The van der Waals surface area contributed by atoms with Crippen molar-refractivity contribution in [3.63, 3.8) is 0 Å². The summed E-state index contributed by atoms with van der Waals surface area (Å²) in [6, 6.07) is 22.6. The fraction of sp³-hybridized carbons (Fsp3) is 0.241. The predicted octanol–water partition coefficient (Wildman–Crippen LogP) is 4.03. The number of ether oxygens (including phenoxy) is 1. The number of nitrogens with one attached hydrogen (secondary N) is 1. The van der Waals surface area contributed by atoms with Crippen LogP contribution in [0.25, 0.3) is 0 Å². The Balaban J connectivity index is 1.85. The van der Waals surface area contributed by atoms with Crippen molar-refractivity contribution in [1.29, 1.82) is 0 Å². The Bertz CT molecular complexity index is 1290. The van der Waals surface area contributed by atoms with Gasteiger partial charge in [0.25, 0.3) is 0 Å². The molecule has 0 heterocycles. The van der Waals surface area contributed by atoms with E-state index in [-0.39, 0.29) is 24.5 Å².